The maximum atomic E-state index is 13.5. The lowest BCUT2D eigenvalue weighted by Crippen LogP contribution is -2.58. The number of benzene rings is 2. The molecule has 2 aromatic rings. The summed E-state index contributed by atoms with van der Waals surface area (Å²) in [6.07, 6.45) is 1.74. The lowest BCUT2D eigenvalue weighted by molar-refractivity contribution is -0.144. The van der Waals surface area contributed by atoms with Crippen molar-refractivity contribution in [2.75, 3.05) is 11.9 Å². The van der Waals surface area contributed by atoms with Crippen molar-refractivity contribution in [1.82, 2.24) is 4.90 Å². The predicted molar refractivity (Wildman–Crippen MR) is 116 cm³/mol. The van der Waals surface area contributed by atoms with Gasteiger partial charge in [-0.1, -0.05) is 55.2 Å². The number of hydrogen-bond acceptors (Lipinski definition) is 3. The summed E-state index contributed by atoms with van der Waals surface area (Å²) in [5.74, 6) is -1.22. The van der Waals surface area contributed by atoms with Gasteiger partial charge >= 0.3 is 5.97 Å². The highest BCUT2D eigenvalue weighted by molar-refractivity contribution is 6.31. The second-order valence-corrected chi connectivity index (χ2v) is 8.18. The van der Waals surface area contributed by atoms with Crippen LogP contribution in [0.2, 0.25) is 10.0 Å². The zero-order chi connectivity index (χ0) is 21.2. The zero-order valence-corrected chi connectivity index (χ0v) is 17.9. The molecule has 1 atom stereocenters. The van der Waals surface area contributed by atoms with Crippen molar-refractivity contribution in [3.8, 4) is 0 Å². The Balaban J connectivity index is 2.23. The standard InChI is InChI=1S/C22H24Cl2N2O3/c1-3-17(4-2)26(13-20(27)28)22(12-14-6-5-7-15(23)10-14)18-9-8-16(24)11-19(18)25-21(22)29/h5-11,17H,3-4,12-13H2,1-2H3,(H,25,29)(H,27,28). The molecule has 0 aromatic heterocycles. The SMILES string of the molecule is CCC(CC)N(CC(=O)O)C1(Cc2cccc(Cl)c2)C(=O)Nc2cc(Cl)ccc21. The van der Waals surface area contributed by atoms with Crippen molar-refractivity contribution in [3.63, 3.8) is 0 Å². The molecule has 29 heavy (non-hydrogen) atoms. The van der Waals surface area contributed by atoms with Crippen LogP contribution in [-0.4, -0.2) is 34.5 Å². The van der Waals surface area contributed by atoms with Crippen molar-refractivity contribution in [3.05, 3.63) is 63.6 Å². The van der Waals surface area contributed by atoms with Crippen LogP contribution in [0.1, 0.15) is 37.8 Å². The first-order valence-electron chi connectivity index (χ1n) is 9.66. The molecule has 1 unspecified atom stereocenters. The summed E-state index contributed by atoms with van der Waals surface area (Å²) in [7, 11) is 0. The Morgan fingerprint density at radius 3 is 2.45 bits per heavy atom. The number of carboxylic acids is 1. The molecule has 154 valence electrons. The highest BCUT2D eigenvalue weighted by Gasteiger charge is 2.53. The summed E-state index contributed by atoms with van der Waals surface area (Å²) in [5.41, 5.74) is 1.04. The van der Waals surface area contributed by atoms with Gasteiger partial charge in [0, 0.05) is 33.8 Å². The van der Waals surface area contributed by atoms with Gasteiger partial charge in [-0.2, -0.15) is 0 Å². The summed E-state index contributed by atoms with van der Waals surface area (Å²) in [5, 5.41) is 13.7. The molecule has 1 heterocycles. The van der Waals surface area contributed by atoms with E-state index in [2.05, 4.69) is 5.32 Å². The van der Waals surface area contributed by atoms with Crippen LogP contribution in [0.5, 0.6) is 0 Å². The van der Waals surface area contributed by atoms with Gasteiger partial charge in [0.15, 0.2) is 0 Å². The largest absolute Gasteiger partial charge is 0.480 e. The summed E-state index contributed by atoms with van der Waals surface area (Å²) >= 11 is 12.3. The van der Waals surface area contributed by atoms with Gasteiger partial charge in [-0.25, -0.2) is 0 Å². The molecule has 0 radical (unpaired) electrons. The number of anilines is 1. The average Bonchev–Trinajstić information content (AvgIpc) is 2.93. The lowest BCUT2D eigenvalue weighted by atomic mass is 9.81. The molecule has 5 nitrogen and oxygen atoms in total. The number of aliphatic carboxylic acids is 1. The molecule has 1 aliphatic heterocycles. The first kappa shape index (κ1) is 21.6. The van der Waals surface area contributed by atoms with Crippen molar-refractivity contribution in [2.45, 2.75) is 44.7 Å². The van der Waals surface area contributed by atoms with E-state index < -0.39 is 11.5 Å². The molecule has 0 saturated heterocycles. The smallest absolute Gasteiger partial charge is 0.317 e. The minimum Gasteiger partial charge on any atom is -0.480 e. The number of carbonyl (C=O) groups is 2. The van der Waals surface area contributed by atoms with Crippen molar-refractivity contribution in [1.29, 1.82) is 0 Å². The van der Waals surface area contributed by atoms with Crippen LogP contribution >= 0.6 is 23.2 Å². The van der Waals surface area contributed by atoms with E-state index >= 15 is 0 Å². The van der Waals surface area contributed by atoms with Crippen LogP contribution in [0.15, 0.2) is 42.5 Å². The first-order chi connectivity index (χ1) is 13.8. The first-order valence-corrected chi connectivity index (χ1v) is 10.4. The highest BCUT2D eigenvalue weighted by Crippen LogP contribution is 2.45. The third-order valence-corrected chi connectivity index (χ3v) is 6.05. The van der Waals surface area contributed by atoms with E-state index in [0.717, 1.165) is 24.0 Å². The number of halogens is 2. The number of nitrogens with zero attached hydrogens (tertiary/aromatic N) is 1. The maximum Gasteiger partial charge on any atom is 0.317 e. The number of fused-ring (bicyclic) bond motifs is 1. The molecule has 2 N–H and O–H groups in total. The molecule has 1 amide bonds. The summed E-state index contributed by atoms with van der Waals surface area (Å²) < 4.78 is 0. The minimum atomic E-state index is -1.17. The van der Waals surface area contributed by atoms with E-state index in [1.165, 1.54) is 0 Å². The third kappa shape index (κ3) is 4.13. The van der Waals surface area contributed by atoms with Crippen molar-refractivity contribution < 1.29 is 14.7 Å². The van der Waals surface area contributed by atoms with Gasteiger partial charge in [-0.3, -0.25) is 14.5 Å². The molecule has 0 bridgehead atoms. The van der Waals surface area contributed by atoms with Crippen LogP contribution in [0.25, 0.3) is 0 Å². The second kappa shape index (κ2) is 8.74. The van der Waals surface area contributed by atoms with Gasteiger partial charge < -0.3 is 10.4 Å². The number of carboxylic acid groups (broad SMARTS) is 1. The van der Waals surface area contributed by atoms with E-state index in [1.54, 1.807) is 18.2 Å². The molecular weight excluding hydrogens is 411 g/mol. The average molecular weight is 435 g/mol. The Hall–Kier alpha value is -2.08. The Morgan fingerprint density at radius 1 is 1.14 bits per heavy atom. The van der Waals surface area contributed by atoms with E-state index in [1.807, 2.05) is 43.0 Å². The summed E-state index contributed by atoms with van der Waals surface area (Å²) in [6, 6.07) is 12.5. The number of amides is 1. The lowest BCUT2D eigenvalue weighted by Gasteiger charge is -2.43. The normalized spacial score (nSPS) is 18.2. The predicted octanol–water partition coefficient (Wildman–Crippen LogP) is 4.96. The second-order valence-electron chi connectivity index (χ2n) is 7.30. The Bertz CT molecular complexity index is 930. The molecule has 1 aliphatic rings. The number of carbonyl (C=O) groups excluding carboxylic acids is 1. The maximum absolute atomic E-state index is 13.5. The van der Waals surface area contributed by atoms with Crippen LogP contribution in [0.3, 0.4) is 0 Å². The Kier molecular flexibility index (Phi) is 6.52. The fraction of sp³-hybridized carbons (Fsp3) is 0.364. The summed E-state index contributed by atoms with van der Waals surface area (Å²) in [4.78, 5) is 27.1. The van der Waals surface area contributed by atoms with Gasteiger partial charge in [0.1, 0.15) is 5.54 Å². The number of rotatable bonds is 8. The molecule has 3 rings (SSSR count). The monoisotopic (exact) mass is 434 g/mol. The molecule has 0 fully saturated rings. The number of nitrogens with one attached hydrogen (secondary N) is 1. The van der Waals surface area contributed by atoms with Crippen molar-refractivity contribution in [2.24, 2.45) is 0 Å². The molecular formula is C22H24Cl2N2O3. The van der Waals surface area contributed by atoms with Gasteiger partial charge in [-0.05, 0) is 42.7 Å². The van der Waals surface area contributed by atoms with Crippen LogP contribution < -0.4 is 5.32 Å². The van der Waals surface area contributed by atoms with Crippen molar-refractivity contribution >= 4 is 40.8 Å². The highest BCUT2D eigenvalue weighted by atomic mass is 35.5. The molecule has 0 spiro atoms. The van der Waals surface area contributed by atoms with Gasteiger partial charge in [0.2, 0.25) is 5.91 Å². The van der Waals surface area contributed by atoms with E-state index in [9.17, 15) is 14.7 Å². The van der Waals surface area contributed by atoms with E-state index in [0.29, 0.717) is 22.2 Å². The minimum absolute atomic E-state index is 0.0855. The topological polar surface area (TPSA) is 69.6 Å². The zero-order valence-electron chi connectivity index (χ0n) is 16.4. The Labute approximate surface area is 180 Å². The van der Waals surface area contributed by atoms with Gasteiger partial charge in [0.05, 0.1) is 6.54 Å². The van der Waals surface area contributed by atoms with Gasteiger partial charge in [0.25, 0.3) is 0 Å². The molecule has 2 aromatic carbocycles. The van der Waals surface area contributed by atoms with Crippen LogP contribution in [0, 0.1) is 0 Å². The van der Waals surface area contributed by atoms with Crippen LogP contribution in [0.4, 0.5) is 5.69 Å². The van der Waals surface area contributed by atoms with Crippen LogP contribution in [-0.2, 0) is 21.5 Å². The fourth-order valence-electron chi connectivity index (χ4n) is 4.28. The van der Waals surface area contributed by atoms with E-state index in [4.69, 9.17) is 23.2 Å². The Morgan fingerprint density at radius 2 is 1.83 bits per heavy atom. The van der Waals surface area contributed by atoms with Gasteiger partial charge in [-0.15, -0.1) is 0 Å². The van der Waals surface area contributed by atoms with E-state index in [-0.39, 0.29) is 18.5 Å². The molecule has 7 heteroatoms. The third-order valence-electron chi connectivity index (χ3n) is 5.58. The molecule has 0 aliphatic carbocycles. The number of hydrogen-bond donors (Lipinski definition) is 2. The summed E-state index contributed by atoms with van der Waals surface area (Å²) in [6.45, 7) is 3.76. The molecule has 0 saturated carbocycles. The fourth-order valence-corrected chi connectivity index (χ4v) is 4.67. The quantitative estimate of drug-likeness (QED) is 0.615.